The monoisotopic (exact) mass is 391 g/mol. The molecule has 0 aliphatic carbocycles. The van der Waals surface area contributed by atoms with E-state index >= 15 is 0 Å². The zero-order chi connectivity index (χ0) is 20.6. The molecule has 3 aromatic rings. The number of benzene rings is 2. The molecule has 1 N–H and O–H groups in total. The number of hydrogen-bond acceptors (Lipinski definition) is 5. The first kappa shape index (κ1) is 20.2. The van der Waals surface area contributed by atoms with Gasteiger partial charge in [0.2, 0.25) is 0 Å². The molecule has 0 radical (unpaired) electrons. The highest BCUT2D eigenvalue weighted by molar-refractivity contribution is 6.04. The van der Waals surface area contributed by atoms with Crippen molar-refractivity contribution in [3.05, 3.63) is 78.1 Å². The molecule has 1 amide bonds. The van der Waals surface area contributed by atoms with Crippen molar-refractivity contribution in [2.75, 3.05) is 31.0 Å². The van der Waals surface area contributed by atoms with Gasteiger partial charge < -0.3 is 19.7 Å². The molecular weight excluding hydrogens is 366 g/mol. The predicted molar refractivity (Wildman–Crippen MR) is 115 cm³/mol. The lowest BCUT2D eigenvalue weighted by Gasteiger charge is -2.23. The lowest BCUT2D eigenvalue weighted by Crippen LogP contribution is -2.23. The third-order valence-electron chi connectivity index (χ3n) is 4.60. The molecule has 0 bridgehead atoms. The van der Waals surface area contributed by atoms with Crippen molar-refractivity contribution in [1.82, 2.24) is 4.98 Å². The third-order valence-corrected chi connectivity index (χ3v) is 4.60. The van der Waals surface area contributed by atoms with Crippen LogP contribution in [0.4, 0.5) is 11.4 Å². The van der Waals surface area contributed by atoms with Crippen molar-refractivity contribution in [3.8, 4) is 11.5 Å². The van der Waals surface area contributed by atoms with Gasteiger partial charge in [0.25, 0.3) is 5.91 Å². The highest BCUT2D eigenvalue weighted by atomic mass is 16.5. The van der Waals surface area contributed by atoms with Crippen LogP contribution in [0.25, 0.3) is 0 Å². The lowest BCUT2D eigenvalue weighted by molar-refractivity contribution is 0.102. The van der Waals surface area contributed by atoms with E-state index in [1.165, 1.54) is 5.56 Å². The van der Waals surface area contributed by atoms with Crippen molar-refractivity contribution >= 4 is 17.3 Å². The number of pyridine rings is 1. The summed E-state index contributed by atoms with van der Waals surface area (Å²) in [6.45, 7) is 3.66. The average Bonchev–Trinajstić information content (AvgIpc) is 2.78. The second-order valence-corrected chi connectivity index (χ2v) is 6.42. The fraction of sp³-hybridized carbons (Fsp3) is 0.217. The molecule has 6 heteroatoms. The Morgan fingerprint density at radius 3 is 2.52 bits per heavy atom. The summed E-state index contributed by atoms with van der Waals surface area (Å²) in [6, 6.07) is 19.2. The fourth-order valence-electron chi connectivity index (χ4n) is 3.02. The van der Waals surface area contributed by atoms with Crippen LogP contribution in [-0.4, -0.2) is 31.7 Å². The van der Waals surface area contributed by atoms with Crippen LogP contribution in [-0.2, 0) is 6.54 Å². The number of carbonyl (C=O) groups is 1. The lowest BCUT2D eigenvalue weighted by atomic mass is 10.2. The summed E-state index contributed by atoms with van der Waals surface area (Å²) in [5, 5.41) is 2.86. The highest BCUT2D eigenvalue weighted by Crippen LogP contribution is 2.29. The second kappa shape index (κ2) is 9.59. The number of nitrogens with zero attached hydrogens (tertiary/aromatic N) is 2. The molecule has 0 saturated heterocycles. The Labute approximate surface area is 171 Å². The Morgan fingerprint density at radius 1 is 1.03 bits per heavy atom. The van der Waals surface area contributed by atoms with Gasteiger partial charge in [0, 0.05) is 31.0 Å². The maximum absolute atomic E-state index is 12.8. The van der Waals surface area contributed by atoms with Gasteiger partial charge in [-0.2, -0.15) is 0 Å². The first-order valence-electron chi connectivity index (χ1n) is 9.43. The van der Waals surface area contributed by atoms with E-state index in [0.717, 1.165) is 18.8 Å². The first-order chi connectivity index (χ1) is 14.1. The minimum atomic E-state index is -0.300. The topological polar surface area (TPSA) is 63.7 Å². The van der Waals surface area contributed by atoms with Crippen LogP contribution in [0.1, 0.15) is 23.0 Å². The zero-order valence-corrected chi connectivity index (χ0v) is 16.9. The first-order valence-corrected chi connectivity index (χ1v) is 9.43. The van der Waals surface area contributed by atoms with Crippen LogP contribution in [0.5, 0.6) is 11.5 Å². The molecule has 0 aliphatic rings. The van der Waals surface area contributed by atoms with Gasteiger partial charge in [-0.1, -0.05) is 30.3 Å². The maximum Gasteiger partial charge on any atom is 0.274 e. The Morgan fingerprint density at radius 2 is 1.83 bits per heavy atom. The number of ether oxygens (including phenoxy) is 2. The van der Waals surface area contributed by atoms with Crippen molar-refractivity contribution < 1.29 is 14.3 Å². The van der Waals surface area contributed by atoms with E-state index < -0.39 is 0 Å². The highest BCUT2D eigenvalue weighted by Gasteiger charge is 2.14. The molecule has 0 fully saturated rings. The molecule has 29 heavy (non-hydrogen) atoms. The van der Waals surface area contributed by atoms with E-state index in [4.69, 9.17) is 9.47 Å². The Balaban J connectivity index is 1.78. The third kappa shape index (κ3) is 5.04. The van der Waals surface area contributed by atoms with Crippen molar-refractivity contribution in [1.29, 1.82) is 0 Å². The second-order valence-electron chi connectivity index (χ2n) is 6.42. The quantitative estimate of drug-likeness (QED) is 0.617. The molecular formula is C23H25N3O3. The summed E-state index contributed by atoms with van der Waals surface area (Å²) >= 11 is 0. The molecule has 6 nitrogen and oxygen atoms in total. The predicted octanol–water partition coefficient (Wildman–Crippen LogP) is 4.38. The Bertz CT molecular complexity index is 961. The van der Waals surface area contributed by atoms with Gasteiger partial charge >= 0.3 is 0 Å². The molecule has 0 unspecified atom stereocenters. The minimum Gasteiger partial charge on any atom is -0.497 e. The van der Waals surface area contributed by atoms with Gasteiger partial charge in [-0.05, 0) is 36.8 Å². The normalized spacial score (nSPS) is 10.3. The molecule has 1 heterocycles. The van der Waals surface area contributed by atoms with Crippen LogP contribution in [0, 0.1) is 0 Å². The number of aromatic nitrogens is 1. The van der Waals surface area contributed by atoms with Gasteiger partial charge in [-0.25, -0.2) is 0 Å². The SMILES string of the molecule is CCN(Cc1ccccc1)c1ccnc(C(=O)Nc2ccc(OC)cc2OC)c1. The van der Waals surface area contributed by atoms with Crippen molar-refractivity contribution in [2.24, 2.45) is 0 Å². The van der Waals surface area contributed by atoms with Gasteiger partial charge in [0.1, 0.15) is 17.2 Å². The summed E-state index contributed by atoms with van der Waals surface area (Å²) in [5.74, 6) is 0.874. The van der Waals surface area contributed by atoms with E-state index in [0.29, 0.717) is 22.9 Å². The van der Waals surface area contributed by atoms with Crippen molar-refractivity contribution in [2.45, 2.75) is 13.5 Å². The number of anilines is 2. The number of amides is 1. The van der Waals surface area contributed by atoms with Crippen LogP contribution in [0.15, 0.2) is 66.9 Å². The van der Waals surface area contributed by atoms with Crippen LogP contribution < -0.4 is 19.7 Å². The Hall–Kier alpha value is -3.54. The molecule has 0 aliphatic heterocycles. The number of methoxy groups -OCH3 is 2. The van der Waals surface area contributed by atoms with Crippen LogP contribution in [0.2, 0.25) is 0 Å². The number of nitrogens with one attached hydrogen (secondary N) is 1. The average molecular weight is 391 g/mol. The molecule has 0 spiro atoms. The van der Waals surface area contributed by atoms with E-state index in [1.54, 1.807) is 44.7 Å². The van der Waals surface area contributed by atoms with Crippen LogP contribution in [0.3, 0.4) is 0 Å². The Kier molecular flexibility index (Phi) is 6.68. The molecule has 3 rings (SSSR count). The molecule has 150 valence electrons. The number of hydrogen-bond donors (Lipinski definition) is 1. The van der Waals surface area contributed by atoms with Gasteiger partial charge in [-0.3, -0.25) is 9.78 Å². The summed E-state index contributed by atoms with van der Waals surface area (Å²) in [7, 11) is 3.13. The molecule has 2 aromatic carbocycles. The molecule has 0 saturated carbocycles. The minimum absolute atomic E-state index is 0.300. The van der Waals surface area contributed by atoms with E-state index in [1.807, 2.05) is 24.3 Å². The van der Waals surface area contributed by atoms with Gasteiger partial charge in [-0.15, -0.1) is 0 Å². The largest absolute Gasteiger partial charge is 0.497 e. The summed E-state index contributed by atoms with van der Waals surface area (Å²) in [6.07, 6.45) is 1.66. The maximum atomic E-state index is 12.8. The smallest absolute Gasteiger partial charge is 0.274 e. The van der Waals surface area contributed by atoms with Gasteiger partial charge in [0.15, 0.2) is 0 Å². The van der Waals surface area contributed by atoms with Gasteiger partial charge in [0.05, 0.1) is 19.9 Å². The summed E-state index contributed by atoms with van der Waals surface area (Å²) in [4.78, 5) is 19.2. The van der Waals surface area contributed by atoms with E-state index in [-0.39, 0.29) is 5.91 Å². The van der Waals surface area contributed by atoms with Crippen LogP contribution >= 0.6 is 0 Å². The van der Waals surface area contributed by atoms with E-state index in [9.17, 15) is 4.79 Å². The zero-order valence-electron chi connectivity index (χ0n) is 16.9. The fourth-order valence-corrected chi connectivity index (χ4v) is 3.02. The van der Waals surface area contributed by atoms with E-state index in [2.05, 4.69) is 34.3 Å². The number of carbonyl (C=O) groups excluding carboxylic acids is 1. The molecule has 1 aromatic heterocycles. The summed E-state index contributed by atoms with van der Waals surface area (Å²) < 4.78 is 10.5. The summed E-state index contributed by atoms with van der Waals surface area (Å²) in [5.41, 5.74) is 3.05. The standard InChI is InChI=1S/C23H25N3O3/c1-4-26(16-17-8-6-5-7-9-17)18-12-13-24-21(14-18)23(27)25-20-11-10-19(28-2)15-22(20)29-3/h5-15H,4,16H2,1-3H3,(H,25,27). The van der Waals surface area contributed by atoms with Crippen molar-refractivity contribution in [3.63, 3.8) is 0 Å². The number of rotatable bonds is 8. The molecule has 0 atom stereocenters.